The SMILES string of the molecule is O=C1CNC(c2ccc(F)cc2)N1CCOC1CCCC1. The summed E-state index contributed by atoms with van der Waals surface area (Å²) >= 11 is 0. The second-order valence-corrected chi connectivity index (χ2v) is 5.70. The Morgan fingerprint density at radius 1 is 1.24 bits per heavy atom. The molecule has 2 fully saturated rings. The van der Waals surface area contributed by atoms with Crippen molar-refractivity contribution in [3.05, 3.63) is 35.6 Å². The molecule has 0 radical (unpaired) electrons. The van der Waals surface area contributed by atoms with E-state index in [1.54, 1.807) is 17.0 Å². The fourth-order valence-corrected chi connectivity index (χ4v) is 3.11. The van der Waals surface area contributed by atoms with Gasteiger partial charge in [0.25, 0.3) is 0 Å². The average molecular weight is 292 g/mol. The van der Waals surface area contributed by atoms with Gasteiger partial charge in [-0.3, -0.25) is 10.1 Å². The van der Waals surface area contributed by atoms with Crippen molar-refractivity contribution in [2.24, 2.45) is 0 Å². The zero-order chi connectivity index (χ0) is 14.7. The number of carbonyl (C=O) groups excluding carboxylic acids is 1. The molecule has 3 rings (SSSR count). The molecule has 1 N–H and O–H groups in total. The number of ether oxygens (including phenoxy) is 1. The molecule has 4 nitrogen and oxygen atoms in total. The molecule has 1 aromatic carbocycles. The van der Waals surface area contributed by atoms with Crippen LogP contribution in [0.4, 0.5) is 4.39 Å². The maximum absolute atomic E-state index is 13.0. The number of nitrogens with one attached hydrogen (secondary N) is 1. The predicted molar refractivity (Wildman–Crippen MR) is 77.1 cm³/mol. The maximum atomic E-state index is 13.0. The summed E-state index contributed by atoms with van der Waals surface area (Å²) in [7, 11) is 0. The molecule has 2 aliphatic rings. The minimum absolute atomic E-state index is 0.0688. The van der Waals surface area contributed by atoms with Gasteiger partial charge in [0.05, 0.1) is 19.3 Å². The van der Waals surface area contributed by atoms with Gasteiger partial charge in [0.15, 0.2) is 0 Å². The summed E-state index contributed by atoms with van der Waals surface area (Å²) in [6.45, 7) is 1.46. The maximum Gasteiger partial charge on any atom is 0.238 e. The molecule has 1 aromatic rings. The number of nitrogens with zero attached hydrogens (tertiary/aromatic N) is 1. The topological polar surface area (TPSA) is 41.6 Å². The van der Waals surface area contributed by atoms with Crippen LogP contribution in [-0.2, 0) is 9.53 Å². The van der Waals surface area contributed by atoms with E-state index >= 15 is 0 Å². The molecule has 1 saturated heterocycles. The van der Waals surface area contributed by atoms with Gasteiger partial charge in [-0.2, -0.15) is 0 Å². The van der Waals surface area contributed by atoms with E-state index in [0.29, 0.717) is 25.8 Å². The Bertz CT molecular complexity index is 486. The second kappa shape index (κ2) is 6.54. The van der Waals surface area contributed by atoms with Crippen LogP contribution in [0.2, 0.25) is 0 Å². The first-order valence-corrected chi connectivity index (χ1v) is 7.64. The van der Waals surface area contributed by atoms with E-state index in [0.717, 1.165) is 18.4 Å². The first kappa shape index (κ1) is 14.5. The van der Waals surface area contributed by atoms with E-state index in [-0.39, 0.29) is 17.9 Å². The van der Waals surface area contributed by atoms with Crippen LogP contribution in [0.1, 0.15) is 37.4 Å². The quantitative estimate of drug-likeness (QED) is 0.904. The summed E-state index contributed by atoms with van der Waals surface area (Å²) in [5, 5.41) is 3.17. The summed E-state index contributed by atoms with van der Waals surface area (Å²) in [5.74, 6) is -0.196. The van der Waals surface area contributed by atoms with Crippen molar-refractivity contribution in [1.82, 2.24) is 10.2 Å². The summed E-state index contributed by atoms with van der Waals surface area (Å²) in [6.07, 6.45) is 4.94. The molecule has 0 bridgehead atoms. The monoisotopic (exact) mass is 292 g/mol. The Morgan fingerprint density at radius 2 is 1.95 bits per heavy atom. The van der Waals surface area contributed by atoms with E-state index in [1.807, 2.05) is 0 Å². The van der Waals surface area contributed by atoms with Crippen molar-refractivity contribution in [3.8, 4) is 0 Å². The third-order valence-corrected chi connectivity index (χ3v) is 4.25. The number of halogens is 1. The van der Waals surface area contributed by atoms with Gasteiger partial charge in [-0.05, 0) is 30.5 Å². The van der Waals surface area contributed by atoms with Gasteiger partial charge in [0.2, 0.25) is 5.91 Å². The smallest absolute Gasteiger partial charge is 0.238 e. The summed E-state index contributed by atoms with van der Waals surface area (Å²) < 4.78 is 18.8. The highest BCUT2D eigenvalue weighted by molar-refractivity contribution is 5.80. The lowest BCUT2D eigenvalue weighted by Gasteiger charge is -2.25. The molecule has 0 aromatic heterocycles. The van der Waals surface area contributed by atoms with Gasteiger partial charge in [0.1, 0.15) is 12.0 Å². The summed E-state index contributed by atoms with van der Waals surface area (Å²) in [4.78, 5) is 13.8. The van der Waals surface area contributed by atoms with E-state index in [1.165, 1.54) is 25.0 Å². The number of rotatable bonds is 5. The Morgan fingerprint density at radius 3 is 2.67 bits per heavy atom. The number of carbonyl (C=O) groups is 1. The van der Waals surface area contributed by atoms with Gasteiger partial charge < -0.3 is 9.64 Å². The number of hydrogen-bond donors (Lipinski definition) is 1. The molecule has 5 heteroatoms. The van der Waals surface area contributed by atoms with Gasteiger partial charge in [-0.15, -0.1) is 0 Å². The van der Waals surface area contributed by atoms with E-state index < -0.39 is 0 Å². The second-order valence-electron chi connectivity index (χ2n) is 5.70. The van der Waals surface area contributed by atoms with E-state index in [4.69, 9.17) is 4.74 Å². The Balaban J connectivity index is 1.58. The largest absolute Gasteiger partial charge is 0.376 e. The van der Waals surface area contributed by atoms with Crippen molar-refractivity contribution >= 4 is 5.91 Å². The third-order valence-electron chi connectivity index (χ3n) is 4.25. The molecule has 1 saturated carbocycles. The molecular weight excluding hydrogens is 271 g/mol. The fourth-order valence-electron chi connectivity index (χ4n) is 3.11. The molecule has 114 valence electrons. The molecule has 0 spiro atoms. The molecule has 1 unspecified atom stereocenters. The highest BCUT2D eigenvalue weighted by Crippen LogP contribution is 2.24. The van der Waals surface area contributed by atoms with Gasteiger partial charge in [-0.25, -0.2) is 4.39 Å². The van der Waals surface area contributed by atoms with Crippen molar-refractivity contribution in [2.45, 2.75) is 38.0 Å². The average Bonchev–Trinajstić information content (AvgIpc) is 3.11. The Labute approximate surface area is 124 Å². The molecule has 1 atom stereocenters. The zero-order valence-corrected chi connectivity index (χ0v) is 12.1. The lowest BCUT2D eigenvalue weighted by molar-refractivity contribution is -0.129. The van der Waals surface area contributed by atoms with Crippen LogP contribution in [0.25, 0.3) is 0 Å². The van der Waals surface area contributed by atoms with Crippen LogP contribution in [0, 0.1) is 5.82 Å². The summed E-state index contributed by atoms with van der Waals surface area (Å²) in [5.41, 5.74) is 0.906. The first-order valence-electron chi connectivity index (χ1n) is 7.64. The minimum Gasteiger partial charge on any atom is -0.376 e. The predicted octanol–water partition coefficient (Wildman–Crippen LogP) is 2.22. The van der Waals surface area contributed by atoms with E-state index in [2.05, 4.69) is 5.32 Å². The lowest BCUT2D eigenvalue weighted by Crippen LogP contribution is -2.34. The van der Waals surface area contributed by atoms with Crippen LogP contribution >= 0.6 is 0 Å². The zero-order valence-electron chi connectivity index (χ0n) is 12.1. The fraction of sp³-hybridized carbons (Fsp3) is 0.562. The number of hydrogen-bond acceptors (Lipinski definition) is 3. The van der Waals surface area contributed by atoms with Crippen molar-refractivity contribution < 1.29 is 13.9 Å². The van der Waals surface area contributed by atoms with Crippen LogP contribution < -0.4 is 5.32 Å². The van der Waals surface area contributed by atoms with Crippen LogP contribution in [0.5, 0.6) is 0 Å². The summed E-state index contributed by atoms with van der Waals surface area (Å²) in [6, 6.07) is 6.28. The first-order chi connectivity index (χ1) is 10.2. The minimum atomic E-state index is -0.265. The molecule has 1 aliphatic heterocycles. The van der Waals surface area contributed by atoms with Crippen LogP contribution in [0.3, 0.4) is 0 Å². The Hall–Kier alpha value is -1.46. The lowest BCUT2D eigenvalue weighted by atomic mass is 10.1. The number of amides is 1. The Kier molecular flexibility index (Phi) is 4.51. The normalized spacial score (nSPS) is 23.2. The van der Waals surface area contributed by atoms with Gasteiger partial charge in [-0.1, -0.05) is 25.0 Å². The van der Waals surface area contributed by atoms with Gasteiger partial charge in [0, 0.05) is 6.54 Å². The van der Waals surface area contributed by atoms with Crippen LogP contribution in [0.15, 0.2) is 24.3 Å². The van der Waals surface area contributed by atoms with E-state index in [9.17, 15) is 9.18 Å². The highest BCUT2D eigenvalue weighted by atomic mass is 19.1. The molecule has 1 aliphatic carbocycles. The number of benzene rings is 1. The molecular formula is C16H21FN2O2. The standard InChI is InChI=1S/C16H21FN2O2/c17-13-7-5-12(6-8-13)16-18-11-15(20)19(16)9-10-21-14-3-1-2-4-14/h5-8,14,16,18H,1-4,9-11H2. The van der Waals surface area contributed by atoms with Crippen molar-refractivity contribution in [1.29, 1.82) is 0 Å². The van der Waals surface area contributed by atoms with Crippen LogP contribution in [-0.4, -0.2) is 36.6 Å². The van der Waals surface area contributed by atoms with Crippen molar-refractivity contribution in [3.63, 3.8) is 0 Å². The molecule has 1 heterocycles. The highest BCUT2D eigenvalue weighted by Gasteiger charge is 2.31. The van der Waals surface area contributed by atoms with Crippen molar-refractivity contribution in [2.75, 3.05) is 19.7 Å². The third kappa shape index (κ3) is 3.41. The molecule has 21 heavy (non-hydrogen) atoms. The van der Waals surface area contributed by atoms with Gasteiger partial charge >= 0.3 is 0 Å². The molecule has 1 amide bonds.